The van der Waals surface area contributed by atoms with E-state index in [1.807, 2.05) is 19.2 Å². The predicted octanol–water partition coefficient (Wildman–Crippen LogP) is 2.82. The number of benzene rings is 1. The first kappa shape index (κ1) is 15.2. The molecule has 1 aromatic carbocycles. The fraction of sp³-hybridized carbons (Fsp3) is 0.357. The van der Waals surface area contributed by atoms with Crippen LogP contribution in [0.4, 0.5) is 4.39 Å². The van der Waals surface area contributed by atoms with Gasteiger partial charge in [-0.05, 0) is 46.6 Å². The molecule has 0 aliphatic rings. The molecule has 0 bridgehead atoms. The van der Waals surface area contributed by atoms with Crippen LogP contribution in [0.1, 0.15) is 11.3 Å². The first-order valence-corrected chi connectivity index (χ1v) is 7.11. The second-order valence-electron chi connectivity index (χ2n) is 4.47. The molecule has 0 amide bonds. The highest BCUT2D eigenvalue weighted by Crippen LogP contribution is 2.23. The van der Waals surface area contributed by atoms with E-state index in [0.717, 1.165) is 23.5 Å². The zero-order chi connectivity index (χ0) is 14.5. The number of nitrogens with zero attached hydrogens (tertiary/aromatic N) is 2. The Labute approximate surface area is 126 Å². The Morgan fingerprint density at radius 2 is 2.25 bits per heavy atom. The molecule has 2 aromatic rings. The highest BCUT2D eigenvalue weighted by molar-refractivity contribution is 9.10. The molecule has 2 rings (SSSR count). The lowest BCUT2D eigenvalue weighted by atomic mass is 10.2. The predicted molar refractivity (Wildman–Crippen MR) is 79.5 cm³/mol. The van der Waals surface area contributed by atoms with Crippen molar-refractivity contribution in [3.8, 4) is 5.69 Å². The van der Waals surface area contributed by atoms with E-state index in [0.29, 0.717) is 17.6 Å². The molecule has 0 radical (unpaired) electrons. The Kier molecular flexibility index (Phi) is 5.28. The average molecular weight is 342 g/mol. The van der Waals surface area contributed by atoms with Gasteiger partial charge < -0.3 is 10.1 Å². The standard InChI is InChI=1S/C14H17BrFN3O/c1-10-7-13(16)12(15)8-14(10)19-5-3-11(18-19)9-17-4-6-20-2/h3,5,7-8,17H,4,6,9H2,1-2H3. The molecular formula is C14H17BrFN3O. The molecule has 0 saturated carbocycles. The molecule has 1 heterocycles. The van der Waals surface area contributed by atoms with Crippen molar-refractivity contribution in [3.63, 3.8) is 0 Å². The summed E-state index contributed by atoms with van der Waals surface area (Å²) < 4.78 is 20.6. The molecular weight excluding hydrogens is 325 g/mol. The van der Waals surface area contributed by atoms with Crippen LogP contribution in [0.15, 0.2) is 28.9 Å². The van der Waals surface area contributed by atoms with Crippen molar-refractivity contribution >= 4 is 15.9 Å². The van der Waals surface area contributed by atoms with Crippen LogP contribution in [0.2, 0.25) is 0 Å². The number of aromatic nitrogens is 2. The van der Waals surface area contributed by atoms with Crippen molar-refractivity contribution in [2.45, 2.75) is 13.5 Å². The van der Waals surface area contributed by atoms with E-state index in [1.165, 1.54) is 6.07 Å². The molecule has 0 saturated heterocycles. The molecule has 0 unspecified atom stereocenters. The van der Waals surface area contributed by atoms with Gasteiger partial charge in [-0.15, -0.1) is 0 Å². The highest BCUT2D eigenvalue weighted by Gasteiger charge is 2.08. The minimum Gasteiger partial charge on any atom is -0.383 e. The van der Waals surface area contributed by atoms with E-state index < -0.39 is 0 Å². The number of nitrogens with one attached hydrogen (secondary N) is 1. The largest absolute Gasteiger partial charge is 0.383 e. The normalized spacial score (nSPS) is 11.0. The zero-order valence-electron chi connectivity index (χ0n) is 11.5. The van der Waals surface area contributed by atoms with E-state index in [4.69, 9.17) is 4.74 Å². The quantitative estimate of drug-likeness (QED) is 0.821. The number of ether oxygens (including phenoxy) is 1. The van der Waals surface area contributed by atoms with Gasteiger partial charge in [-0.1, -0.05) is 0 Å². The third-order valence-corrected chi connectivity index (χ3v) is 3.53. The average Bonchev–Trinajstić information content (AvgIpc) is 2.87. The SMILES string of the molecule is COCCNCc1ccn(-c2cc(Br)c(F)cc2C)n1. The van der Waals surface area contributed by atoms with Crippen molar-refractivity contribution in [2.24, 2.45) is 0 Å². The Bertz CT molecular complexity index is 586. The number of methoxy groups -OCH3 is 1. The Morgan fingerprint density at radius 3 is 3.00 bits per heavy atom. The van der Waals surface area contributed by atoms with E-state index in [9.17, 15) is 4.39 Å². The summed E-state index contributed by atoms with van der Waals surface area (Å²) in [6.45, 7) is 4.00. The van der Waals surface area contributed by atoms with Crippen LogP contribution in [0.25, 0.3) is 5.69 Å². The van der Waals surface area contributed by atoms with Crippen LogP contribution in [-0.4, -0.2) is 30.0 Å². The van der Waals surface area contributed by atoms with Crippen molar-refractivity contribution in [1.82, 2.24) is 15.1 Å². The van der Waals surface area contributed by atoms with Gasteiger partial charge in [0.25, 0.3) is 0 Å². The van der Waals surface area contributed by atoms with Crippen LogP contribution in [0, 0.1) is 12.7 Å². The van der Waals surface area contributed by atoms with Crippen LogP contribution in [0.5, 0.6) is 0 Å². The van der Waals surface area contributed by atoms with Gasteiger partial charge in [-0.25, -0.2) is 9.07 Å². The van der Waals surface area contributed by atoms with E-state index in [1.54, 1.807) is 17.9 Å². The van der Waals surface area contributed by atoms with Crippen LogP contribution >= 0.6 is 15.9 Å². The molecule has 0 aliphatic carbocycles. The van der Waals surface area contributed by atoms with Crippen LogP contribution in [-0.2, 0) is 11.3 Å². The molecule has 20 heavy (non-hydrogen) atoms. The van der Waals surface area contributed by atoms with Gasteiger partial charge in [0.05, 0.1) is 22.5 Å². The molecule has 0 fully saturated rings. The number of hydrogen-bond donors (Lipinski definition) is 1. The second kappa shape index (κ2) is 6.97. The zero-order valence-corrected chi connectivity index (χ0v) is 13.1. The van der Waals surface area contributed by atoms with Crippen molar-refractivity contribution < 1.29 is 9.13 Å². The minimum atomic E-state index is -0.264. The molecule has 1 aromatic heterocycles. The van der Waals surface area contributed by atoms with Gasteiger partial charge >= 0.3 is 0 Å². The molecule has 108 valence electrons. The smallest absolute Gasteiger partial charge is 0.137 e. The Morgan fingerprint density at radius 1 is 1.45 bits per heavy atom. The summed E-state index contributed by atoms with van der Waals surface area (Å²) in [4.78, 5) is 0. The first-order chi connectivity index (χ1) is 9.61. The fourth-order valence-electron chi connectivity index (χ4n) is 1.86. The summed E-state index contributed by atoms with van der Waals surface area (Å²) >= 11 is 3.20. The summed E-state index contributed by atoms with van der Waals surface area (Å²) in [5.74, 6) is -0.264. The van der Waals surface area contributed by atoms with Crippen molar-refractivity contribution in [3.05, 3.63) is 45.9 Å². The molecule has 0 spiro atoms. The maximum Gasteiger partial charge on any atom is 0.137 e. The van der Waals surface area contributed by atoms with Gasteiger partial charge in [0.15, 0.2) is 0 Å². The van der Waals surface area contributed by atoms with Gasteiger partial charge in [-0.2, -0.15) is 5.10 Å². The first-order valence-electron chi connectivity index (χ1n) is 6.32. The number of rotatable bonds is 6. The topological polar surface area (TPSA) is 39.1 Å². The maximum atomic E-state index is 13.4. The van der Waals surface area contributed by atoms with Gasteiger partial charge in [0, 0.05) is 26.4 Å². The molecule has 1 N–H and O–H groups in total. The summed E-state index contributed by atoms with van der Waals surface area (Å²) in [5.41, 5.74) is 2.63. The fourth-order valence-corrected chi connectivity index (χ4v) is 2.19. The van der Waals surface area contributed by atoms with E-state index >= 15 is 0 Å². The van der Waals surface area contributed by atoms with Crippen molar-refractivity contribution in [2.75, 3.05) is 20.3 Å². The van der Waals surface area contributed by atoms with Gasteiger partial charge in [0.1, 0.15) is 5.82 Å². The minimum absolute atomic E-state index is 0.264. The van der Waals surface area contributed by atoms with E-state index in [-0.39, 0.29) is 5.82 Å². The van der Waals surface area contributed by atoms with Crippen LogP contribution < -0.4 is 5.32 Å². The summed E-state index contributed by atoms with van der Waals surface area (Å²) in [6, 6.07) is 5.17. The molecule has 0 atom stereocenters. The maximum absolute atomic E-state index is 13.4. The lowest BCUT2D eigenvalue weighted by molar-refractivity contribution is 0.199. The Hall–Kier alpha value is -1.24. The second-order valence-corrected chi connectivity index (χ2v) is 5.33. The number of halogens is 2. The summed E-state index contributed by atoms with van der Waals surface area (Å²) in [6.07, 6.45) is 1.88. The van der Waals surface area contributed by atoms with Gasteiger partial charge in [-0.3, -0.25) is 0 Å². The summed E-state index contributed by atoms with van der Waals surface area (Å²) in [5, 5.41) is 7.71. The molecule has 4 nitrogen and oxygen atoms in total. The summed E-state index contributed by atoms with van der Waals surface area (Å²) in [7, 11) is 1.67. The monoisotopic (exact) mass is 341 g/mol. The lowest BCUT2D eigenvalue weighted by Crippen LogP contribution is -2.18. The number of aryl methyl sites for hydroxylation is 1. The third kappa shape index (κ3) is 3.65. The van der Waals surface area contributed by atoms with Crippen molar-refractivity contribution in [1.29, 1.82) is 0 Å². The van der Waals surface area contributed by atoms with Crippen LogP contribution in [0.3, 0.4) is 0 Å². The molecule has 6 heteroatoms. The number of hydrogen-bond acceptors (Lipinski definition) is 3. The third-order valence-electron chi connectivity index (χ3n) is 2.92. The van der Waals surface area contributed by atoms with E-state index in [2.05, 4.69) is 26.3 Å². The lowest BCUT2D eigenvalue weighted by Gasteiger charge is -2.07. The van der Waals surface area contributed by atoms with Gasteiger partial charge in [0.2, 0.25) is 0 Å². The Balaban J connectivity index is 2.10. The highest BCUT2D eigenvalue weighted by atomic mass is 79.9. The molecule has 0 aliphatic heterocycles.